The molecule has 0 fully saturated rings. The third-order valence-electron chi connectivity index (χ3n) is 4.23. The van der Waals surface area contributed by atoms with E-state index >= 15 is 0 Å². The van der Waals surface area contributed by atoms with Crippen molar-refractivity contribution in [3.8, 4) is 28.7 Å². The highest BCUT2D eigenvalue weighted by molar-refractivity contribution is 7.49. The van der Waals surface area contributed by atoms with Crippen LogP contribution in [0.5, 0.6) is 28.7 Å². The molecule has 0 N–H and O–H groups in total. The number of hydrogen-bond donors (Lipinski definition) is 0. The van der Waals surface area contributed by atoms with E-state index in [4.69, 9.17) is 18.3 Å². The summed E-state index contributed by atoms with van der Waals surface area (Å²) >= 11 is 0. The van der Waals surface area contributed by atoms with Crippen molar-refractivity contribution in [2.75, 3.05) is 0 Å². The van der Waals surface area contributed by atoms with E-state index in [0.717, 1.165) is 5.56 Å². The summed E-state index contributed by atoms with van der Waals surface area (Å²) in [6.45, 7) is 2.00. The van der Waals surface area contributed by atoms with E-state index in [0.29, 0.717) is 23.0 Å². The van der Waals surface area contributed by atoms with Crippen LogP contribution in [0, 0.1) is 6.92 Å². The third-order valence-corrected chi connectivity index (χ3v) is 5.52. The minimum atomic E-state index is -4.10. The Balaban J connectivity index is 1.63. The normalized spacial score (nSPS) is 10.9. The van der Waals surface area contributed by atoms with Crippen molar-refractivity contribution in [3.05, 3.63) is 115 Å². The second kappa shape index (κ2) is 9.41. The van der Waals surface area contributed by atoms with E-state index in [9.17, 15) is 4.57 Å². The molecule has 4 rings (SSSR count). The van der Waals surface area contributed by atoms with Crippen LogP contribution < -0.4 is 18.3 Å². The molecule has 0 unspecified atom stereocenters. The number of aryl methyl sites for hydroxylation is 1. The zero-order valence-electron chi connectivity index (χ0n) is 16.9. The van der Waals surface area contributed by atoms with E-state index in [1.54, 1.807) is 72.8 Å². The summed E-state index contributed by atoms with van der Waals surface area (Å²) in [5, 5.41) is 0. The van der Waals surface area contributed by atoms with Gasteiger partial charge in [0.2, 0.25) is 0 Å². The molecule has 4 aromatic carbocycles. The van der Waals surface area contributed by atoms with Crippen LogP contribution in [-0.4, -0.2) is 0 Å². The predicted molar refractivity (Wildman–Crippen MR) is 120 cm³/mol. The van der Waals surface area contributed by atoms with Gasteiger partial charge in [0, 0.05) is 0 Å². The molecular weight excluding hydrogens is 411 g/mol. The van der Waals surface area contributed by atoms with Gasteiger partial charge in [-0.3, -0.25) is 0 Å². The van der Waals surface area contributed by atoms with Gasteiger partial charge in [-0.2, -0.15) is 4.57 Å². The average Bonchev–Trinajstić information content (AvgIpc) is 2.78. The molecule has 0 saturated carbocycles. The SMILES string of the molecule is Cc1ccc(Oc2ccccc2OP(=O)(Oc2ccccc2)Oc2ccccc2)cc1. The van der Waals surface area contributed by atoms with Crippen LogP contribution in [-0.2, 0) is 4.57 Å². The zero-order chi connectivity index (χ0) is 21.5. The number of ether oxygens (including phenoxy) is 1. The van der Waals surface area contributed by atoms with Crippen LogP contribution in [0.15, 0.2) is 109 Å². The quantitative estimate of drug-likeness (QED) is 0.271. The number of benzene rings is 4. The maximum Gasteiger partial charge on any atom is 0.647 e. The van der Waals surface area contributed by atoms with Gasteiger partial charge in [0.25, 0.3) is 0 Å². The first-order chi connectivity index (χ1) is 15.1. The topological polar surface area (TPSA) is 54.0 Å². The van der Waals surface area contributed by atoms with Crippen molar-refractivity contribution in [2.45, 2.75) is 6.92 Å². The van der Waals surface area contributed by atoms with Crippen LogP contribution in [0.25, 0.3) is 0 Å². The lowest BCUT2D eigenvalue weighted by atomic mass is 10.2. The first-order valence-electron chi connectivity index (χ1n) is 9.72. The Morgan fingerprint density at radius 3 is 1.55 bits per heavy atom. The van der Waals surface area contributed by atoms with Gasteiger partial charge in [-0.15, -0.1) is 0 Å². The fraction of sp³-hybridized carbons (Fsp3) is 0.0400. The Labute approximate surface area is 181 Å². The largest absolute Gasteiger partial charge is 0.647 e. The molecule has 0 saturated heterocycles. The van der Waals surface area contributed by atoms with Gasteiger partial charge < -0.3 is 18.3 Å². The lowest BCUT2D eigenvalue weighted by Gasteiger charge is -2.20. The molecule has 0 aliphatic carbocycles. The first kappa shape index (κ1) is 20.6. The molecule has 31 heavy (non-hydrogen) atoms. The summed E-state index contributed by atoms with van der Waals surface area (Å²) in [4.78, 5) is 0. The summed E-state index contributed by atoms with van der Waals surface area (Å²) in [7, 11) is -4.10. The fourth-order valence-corrected chi connectivity index (χ4v) is 4.00. The molecular formula is C25H21O5P. The van der Waals surface area contributed by atoms with Gasteiger partial charge >= 0.3 is 7.82 Å². The van der Waals surface area contributed by atoms with Crippen molar-refractivity contribution in [2.24, 2.45) is 0 Å². The van der Waals surface area contributed by atoms with Crippen molar-refractivity contribution < 1.29 is 22.9 Å². The van der Waals surface area contributed by atoms with Gasteiger partial charge in [0.1, 0.15) is 17.2 Å². The molecule has 156 valence electrons. The average molecular weight is 432 g/mol. The lowest BCUT2D eigenvalue weighted by molar-refractivity contribution is 0.293. The first-order valence-corrected chi connectivity index (χ1v) is 11.2. The Morgan fingerprint density at radius 2 is 1.00 bits per heavy atom. The van der Waals surface area contributed by atoms with Crippen molar-refractivity contribution in [1.29, 1.82) is 0 Å². The van der Waals surface area contributed by atoms with Crippen molar-refractivity contribution in [1.82, 2.24) is 0 Å². The molecule has 0 bridgehead atoms. The molecule has 0 aliphatic rings. The Morgan fingerprint density at radius 1 is 0.516 bits per heavy atom. The summed E-state index contributed by atoms with van der Waals surface area (Å²) in [6.07, 6.45) is 0. The van der Waals surface area contributed by atoms with E-state index in [-0.39, 0.29) is 5.75 Å². The van der Waals surface area contributed by atoms with Crippen molar-refractivity contribution >= 4 is 7.82 Å². The summed E-state index contributed by atoms with van der Waals surface area (Å²) in [5.41, 5.74) is 1.12. The van der Waals surface area contributed by atoms with Crippen molar-refractivity contribution in [3.63, 3.8) is 0 Å². The molecule has 0 heterocycles. The van der Waals surface area contributed by atoms with Crippen LogP contribution in [0.2, 0.25) is 0 Å². The molecule has 0 aliphatic heterocycles. The second-order valence-corrected chi connectivity index (χ2v) is 8.15. The number of phosphoric acid groups is 1. The highest BCUT2D eigenvalue weighted by atomic mass is 31.2. The Hall–Kier alpha value is -3.69. The maximum atomic E-state index is 13.6. The van der Waals surface area contributed by atoms with Gasteiger partial charge in [-0.25, -0.2) is 0 Å². The molecule has 0 radical (unpaired) electrons. The highest BCUT2D eigenvalue weighted by Gasteiger charge is 2.34. The zero-order valence-corrected chi connectivity index (χ0v) is 17.8. The number of phosphoric ester groups is 1. The standard InChI is InChI=1S/C25H21O5P/c1-20-16-18-21(19-17-20)27-24-14-8-9-15-25(24)30-31(26,28-22-10-4-2-5-11-22)29-23-12-6-3-7-13-23/h2-19H,1H3. The summed E-state index contributed by atoms with van der Waals surface area (Å²) in [5.74, 6) is 1.97. The Bertz CT molecular complexity index is 1120. The second-order valence-electron chi connectivity index (χ2n) is 6.71. The molecule has 0 aromatic heterocycles. The summed E-state index contributed by atoms with van der Waals surface area (Å²) < 4.78 is 36.8. The van der Waals surface area contributed by atoms with Crippen LogP contribution >= 0.6 is 7.82 Å². The molecule has 0 spiro atoms. The fourth-order valence-electron chi connectivity index (χ4n) is 2.74. The summed E-state index contributed by atoms with van der Waals surface area (Å²) in [6, 6.07) is 32.0. The van der Waals surface area contributed by atoms with E-state index < -0.39 is 7.82 Å². The number of rotatable bonds is 8. The van der Waals surface area contributed by atoms with Gasteiger partial charge in [0.05, 0.1) is 0 Å². The van der Waals surface area contributed by atoms with Gasteiger partial charge in [-0.1, -0.05) is 66.2 Å². The molecule has 6 heteroatoms. The smallest absolute Gasteiger partial charge is 0.453 e. The minimum absolute atomic E-state index is 0.235. The predicted octanol–water partition coefficient (Wildman–Crippen LogP) is 7.43. The van der Waals surface area contributed by atoms with E-state index in [1.807, 2.05) is 43.3 Å². The van der Waals surface area contributed by atoms with E-state index in [2.05, 4.69) is 0 Å². The van der Waals surface area contributed by atoms with Gasteiger partial charge in [-0.05, 0) is 55.5 Å². The minimum Gasteiger partial charge on any atom is -0.453 e. The van der Waals surface area contributed by atoms with E-state index in [1.165, 1.54) is 0 Å². The van der Waals surface area contributed by atoms with Crippen LogP contribution in [0.3, 0.4) is 0 Å². The number of hydrogen-bond acceptors (Lipinski definition) is 5. The third kappa shape index (κ3) is 5.68. The monoisotopic (exact) mass is 432 g/mol. The molecule has 0 atom stereocenters. The van der Waals surface area contributed by atoms with Gasteiger partial charge in [0.15, 0.2) is 11.5 Å². The highest BCUT2D eigenvalue weighted by Crippen LogP contribution is 2.51. The molecule has 5 nitrogen and oxygen atoms in total. The van der Waals surface area contributed by atoms with Crippen LogP contribution in [0.1, 0.15) is 5.56 Å². The van der Waals surface area contributed by atoms with Crippen LogP contribution in [0.4, 0.5) is 0 Å². The Kier molecular flexibility index (Phi) is 6.25. The number of para-hydroxylation sites is 4. The lowest BCUT2D eigenvalue weighted by Crippen LogP contribution is -2.08. The molecule has 4 aromatic rings. The maximum absolute atomic E-state index is 13.6. The molecule has 0 amide bonds.